The lowest BCUT2D eigenvalue weighted by atomic mass is 9.98. The van der Waals surface area contributed by atoms with Crippen molar-refractivity contribution < 1.29 is 4.79 Å². The molecular formula is C12H10BrNO. The Morgan fingerprint density at radius 2 is 2.40 bits per heavy atom. The van der Waals surface area contributed by atoms with Gasteiger partial charge in [-0.15, -0.1) is 0 Å². The van der Waals surface area contributed by atoms with E-state index in [9.17, 15) is 4.79 Å². The van der Waals surface area contributed by atoms with Gasteiger partial charge in [-0.3, -0.25) is 0 Å². The van der Waals surface area contributed by atoms with Crippen molar-refractivity contribution in [2.45, 2.75) is 30.7 Å². The van der Waals surface area contributed by atoms with Crippen LogP contribution in [-0.2, 0) is 16.6 Å². The molecule has 0 N–H and O–H groups in total. The number of isocyanates is 1. The van der Waals surface area contributed by atoms with Crippen LogP contribution < -0.4 is 0 Å². The van der Waals surface area contributed by atoms with Crippen molar-refractivity contribution in [2.75, 3.05) is 0 Å². The fourth-order valence-electron chi connectivity index (χ4n) is 2.87. The number of halogens is 1. The second kappa shape index (κ2) is 3.03. The van der Waals surface area contributed by atoms with Gasteiger partial charge in [0, 0.05) is 9.89 Å². The SMILES string of the molecule is O=C=N[C@H]1CC12CCc1cccc(Br)c12. The molecule has 1 saturated carbocycles. The predicted molar refractivity (Wildman–Crippen MR) is 60.7 cm³/mol. The topological polar surface area (TPSA) is 29.4 Å². The summed E-state index contributed by atoms with van der Waals surface area (Å²) >= 11 is 3.60. The van der Waals surface area contributed by atoms with Gasteiger partial charge in [-0.25, -0.2) is 9.79 Å². The molecule has 1 aromatic rings. The number of hydrogen-bond acceptors (Lipinski definition) is 2. The van der Waals surface area contributed by atoms with Gasteiger partial charge in [-0.1, -0.05) is 28.1 Å². The van der Waals surface area contributed by atoms with Gasteiger partial charge >= 0.3 is 0 Å². The third-order valence-electron chi connectivity index (χ3n) is 3.68. The van der Waals surface area contributed by atoms with Crippen LogP contribution in [0.25, 0.3) is 0 Å². The number of fused-ring (bicyclic) bond motifs is 2. The Morgan fingerprint density at radius 1 is 1.53 bits per heavy atom. The summed E-state index contributed by atoms with van der Waals surface area (Å²) in [7, 11) is 0. The van der Waals surface area contributed by atoms with Crippen molar-refractivity contribution in [3.8, 4) is 0 Å². The van der Waals surface area contributed by atoms with E-state index in [2.05, 4.69) is 39.1 Å². The lowest BCUT2D eigenvalue weighted by Gasteiger charge is -2.10. The van der Waals surface area contributed by atoms with E-state index >= 15 is 0 Å². The van der Waals surface area contributed by atoms with Crippen molar-refractivity contribution >= 4 is 22.0 Å². The zero-order valence-electron chi connectivity index (χ0n) is 8.16. The standard InChI is InChI=1S/C12H10BrNO/c13-9-3-1-2-8-4-5-12(11(8)9)6-10(12)14-7-15/h1-3,10H,4-6H2/t10-,12?/m0/s1. The predicted octanol–water partition coefficient (Wildman–Crippen LogP) is 2.74. The van der Waals surface area contributed by atoms with Crippen molar-refractivity contribution in [1.82, 2.24) is 0 Å². The van der Waals surface area contributed by atoms with Gasteiger partial charge in [0.2, 0.25) is 6.08 Å². The van der Waals surface area contributed by atoms with Crippen LogP contribution >= 0.6 is 15.9 Å². The molecule has 1 fully saturated rings. The second-order valence-corrected chi connectivity index (χ2v) is 5.22. The summed E-state index contributed by atoms with van der Waals surface area (Å²) in [5.41, 5.74) is 2.95. The first-order valence-corrected chi connectivity index (χ1v) is 5.92. The third-order valence-corrected chi connectivity index (χ3v) is 4.34. The van der Waals surface area contributed by atoms with Gasteiger partial charge in [0.05, 0.1) is 6.04 Å². The normalized spacial score (nSPS) is 31.1. The number of carbonyl (C=O) groups excluding carboxylic acids is 1. The highest BCUT2D eigenvalue weighted by molar-refractivity contribution is 9.10. The average molecular weight is 264 g/mol. The van der Waals surface area contributed by atoms with Crippen molar-refractivity contribution in [2.24, 2.45) is 4.99 Å². The Kier molecular flexibility index (Phi) is 1.88. The monoisotopic (exact) mass is 263 g/mol. The summed E-state index contributed by atoms with van der Waals surface area (Å²) < 4.78 is 1.17. The molecule has 3 heteroatoms. The highest BCUT2D eigenvalue weighted by Gasteiger charge is 2.59. The Morgan fingerprint density at radius 3 is 3.20 bits per heavy atom. The van der Waals surface area contributed by atoms with Crippen molar-refractivity contribution in [1.29, 1.82) is 0 Å². The molecule has 76 valence electrons. The molecule has 2 atom stereocenters. The Hall–Kier alpha value is -0.920. The number of hydrogen-bond donors (Lipinski definition) is 0. The molecule has 1 aromatic carbocycles. The number of benzene rings is 1. The highest BCUT2D eigenvalue weighted by Crippen LogP contribution is 2.60. The molecule has 3 rings (SSSR count). The van der Waals surface area contributed by atoms with Crippen LogP contribution in [0.3, 0.4) is 0 Å². The molecule has 2 aliphatic carbocycles. The lowest BCUT2D eigenvalue weighted by molar-refractivity contribution is 0.559. The van der Waals surface area contributed by atoms with Crippen LogP contribution in [0.5, 0.6) is 0 Å². The molecule has 1 spiro atoms. The molecule has 1 unspecified atom stereocenters. The first-order chi connectivity index (χ1) is 7.28. The average Bonchev–Trinajstić information content (AvgIpc) is 2.74. The van der Waals surface area contributed by atoms with Crippen LogP contribution in [0.1, 0.15) is 24.0 Å². The van der Waals surface area contributed by atoms with Crippen LogP contribution in [0.2, 0.25) is 0 Å². The van der Waals surface area contributed by atoms with Gasteiger partial charge in [-0.2, -0.15) is 0 Å². The van der Waals surface area contributed by atoms with Crippen LogP contribution in [0.4, 0.5) is 0 Å². The quantitative estimate of drug-likeness (QED) is 0.566. The van der Waals surface area contributed by atoms with Crippen LogP contribution in [-0.4, -0.2) is 12.1 Å². The van der Waals surface area contributed by atoms with E-state index < -0.39 is 0 Å². The zero-order valence-corrected chi connectivity index (χ0v) is 9.75. The number of rotatable bonds is 1. The molecule has 0 saturated heterocycles. The molecule has 15 heavy (non-hydrogen) atoms. The number of aryl methyl sites for hydroxylation is 1. The lowest BCUT2D eigenvalue weighted by Crippen LogP contribution is -2.07. The summed E-state index contributed by atoms with van der Waals surface area (Å²) in [6.07, 6.45) is 4.94. The van der Waals surface area contributed by atoms with Gasteiger partial charge in [0.25, 0.3) is 0 Å². The van der Waals surface area contributed by atoms with E-state index in [1.807, 2.05) is 0 Å². The fraction of sp³-hybridized carbons (Fsp3) is 0.417. The van der Waals surface area contributed by atoms with E-state index in [-0.39, 0.29) is 11.5 Å². The van der Waals surface area contributed by atoms with Crippen LogP contribution in [0, 0.1) is 0 Å². The Bertz CT molecular complexity index is 479. The summed E-state index contributed by atoms with van der Waals surface area (Å²) in [5, 5.41) is 0. The summed E-state index contributed by atoms with van der Waals surface area (Å²) in [6.45, 7) is 0. The van der Waals surface area contributed by atoms with Crippen molar-refractivity contribution in [3.63, 3.8) is 0 Å². The van der Waals surface area contributed by atoms with E-state index in [4.69, 9.17) is 0 Å². The first kappa shape index (κ1) is 9.32. The molecule has 0 aromatic heterocycles. The summed E-state index contributed by atoms with van der Waals surface area (Å²) in [5.74, 6) is 0. The van der Waals surface area contributed by atoms with Crippen LogP contribution in [0.15, 0.2) is 27.7 Å². The zero-order chi connectivity index (χ0) is 10.5. The maximum Gasteiger partial charge on any atom is 0.235 e. The van der Waals surface area contributed by atoms with E-state index in [0.29, 0.717) is 0 Å². The third kappa shape index (κ3) is 1.17. The summed E-state index contributed by atoms with van der Waals surface area (Å²) in [4.78, 5) is 14.2. The molecule has 2 nitrogen and oxygen atoms in total. The molecular weight excluding hydrogens is 254 g/mol. The first-order valence-electron chi connectivity index (χ1n) is 5.13. The second-order valence-electron chi connectivity index (χ2n) is 4.37. The largest absolute Gasteiger partial charge is 0.235 e. The van der Waals surface area contributed by atoms with Crippen molar-refractivity contribution in [3.05, 3.63) is 33.8 Å². The molecule has 2 aliphatic rings. The van der Waals surface area contributed by atoms with Gasteiger partial charge in [0.15, 0.2) is 0 Å². The van der Waals surface area contributed by atoms with Gasteiger partial charge < -0.3 is 0 Å². The molecule has 0 aliphatic heterocycles. The fourth-order valence-corrected chi connectivity index (χ4v) is 3.68. The van der Waals surface area contributed by atoms with E-state index in [1.54, 1.807) is 6.08 Å². The maximum absolute atomic E-state index is 10.3. The molecule has 0 radical (unpaired) electrons. The maximum atomic E-state index is 10.3. The molecule has 0 amide bonds. The smallest absolute Gasteiger partial charge is 0.211 e. The minimum Gasteiger partial charge on any atom is -0.211 e. The Balaban J connectivity index is 2.10. The van der Waals surface area contributed by atoms with E-state index in [0.717, 1.165) is 19.3 Å². The number of aliphatic imine (C=N–C) groups is 1. The number of nitrogens with zero attached hydrogens (tertiary/aromatic N) is 1. The van der Waals surface area contributed by atoms with E-state index in [1.165, 1.54) is 15.6 Å². The van der Waals surface area contributed by atoms with Gasteiger partial charge in [0.1, 0.15) is 0 Å². The Labute approximate surface area is 96.5 Å². The summed E-state index contributed by atoms with van der Waals surface area (Å²) in [6, 6.07) is 6.50. The molecule has 0 heterocycles. The minimum absolute atomic E-state index is 0.160. The van der Waals surface area contributed by atoms with Gasteiger partial charge in [-0.05, 0) is 36.5 Å². The molecule has 0 bridgehead atoms. The highest BCUT2D eigenvalue weighted by atomic mass is 79.9. The minimum atomic E-state index is 0.160.